The molecule has 0 aliphatic heterocycles. The van der Waals surface area contributed by atoms with Gasteiger partial charge in [0.15, 0.2) is 17.3 Å². The SMILES string of the molecule is COc1ccc(C(=O)Nc2n[nH]c(C)c2-c2cccc(Cl)c2)cc1OC. The lowest BCUT2D eigenvalue weighted by atomic mass is 10.1. The second-order valence-electron chi connectivity index (χ2n) is 5.61. The van der Waals surface area contributed by atoms with E-state index in [1.165, 1.54) is 7.11 Å². The van der Waals surface area contributed by atoms with Crippen LogP contribution in [0.4, 0.5) is 5.82 Å². The van der Waals surface area contributed by atoms with Gasteiger partial charge >= 0.3 is 0 Å². The topological polar surface area (TPSA) is 76.2 Å². The van der Waals surface area contributed by atoms with Crippen LogP contribution in [0, 0.1) is 6.92 Å². The number of aromatic amines is 1. The van der Waals surface area contributed by atoms with Crippen LogP contribution in [-0.2, 0) is 0 Å². The van der Waals surface area contributed by atoms with E-state index in [4.69, 9.17) is 21.1 Å². The zero-order valence-electron chi connectivity index (χ0n) is 14.6. The van der Waals surface area contributed by atoms with Crippen molar-refractivity contribution in [3.8, 4) is 22.6 Å². The van der Waals surface area contributed by atoms with Crippen LogP contribution < -0.4 is 14.8 Å². The van der Waals surface area contributed by atoms with Gasteiger partial charge in [0.2, 0.25) is 0 Å². The van der Waals surface area contributed by atoms with Crippen molar-refractivity contribution in [2.45, 2.75) is 6.92 Å². The molecule has 0 atom stereocenters. The molecule has 3 aromatic rings. The summed E-state index contributed by atoms with van der Waals surface area (Å²) in [7, 11) is 3.06. The molecule has 0 saturated carbocycles. The molecule has 0 saturated heterocycles. The molecule has 2 aromatic carbocycles. The lowest BCUT2D eigenvalue weighted by Gasteiger charge is -2.10. The average Bonchev–Trinajstić information content (AvgIpc) is 3.01. The van der Waals surface area contributed by atoms with Crippen LogP contribution in [0.5, 0.6) is 11.5 Å². The van der Waals surface area contributed by atoms with Crippen molar-refractivity contribution in [2.75, 3.05) is 19.5 Å². The van der Waals surface area contributed by atoms with Gasteiger partial charge < -0.3 is 14.8 Å². The van der Waals surface area contributed by atoms with E-state index in [1.54, 1.807) is 31.4 Å². The van der Waals surface area contributed by atoms with Crippen molar-refractivity contribution in [1.82, 2.24) is 10.2 Å². The number of rotatable bonds is 5. The summed E-state index contributed by atoms with van der Waals surface area (Å²) < 4.78 is 10.4. The Balaban J connectivity index is 1.92. The maximum Gasteiger partial charge on any atom is 0.257 e. The Bertz CT molecular complexity index is 953. The summed E-state index contributed by atoms with van der Waals surface area (Å²) >= 11 is 6.09. The van der Waals surface area contributed by atoms with E-state index < -0.39 is 0 Å². The van der Waals surface area contributed by atoms with Crippen LogP contribution in [0.25, 0.3) is 11.1 Å². The largest absolute Gasteiger partial charge is 0.493 e. The zero-order chi connectivity index (χ0) is 18.7. The molecule has 134 valence electrons. The second kappa shape index (κ2) is 7.49. The third-order valence-corrected chi connectivity index (χ3v) is 4.17. The number of methoxy groups -OCH3 is 2. The van der Waals surface area contributed by atoms with Gasteiger partial charge in [0.05, 0.1) is 14.2 Å². The average molecular weight is 372 g/mol. The zero-order valence-corrected chi connectivity index (χ0v) is 15.3. The van der Waals surface area contributed by atoms with E-state index in [1.807, 2.05) is 25.1 Å². The first-order valence-electron chi connectivity index (χ1n) is 7.87. The van der Waals surface area contributed by atoms with E-state index in [9.17, 15) is 4.79 Å². The molecule has 2 N–H and O–H groups in total. The number of amides is 1. The first-order valence-corrected chi connectivity index (χ1v) is 8.25. The highest BCUT2D eigenvalue weighted by atomic mass is 35.5. The van der Waals surface area contributed by atoms with Crippen molar-refractivity contribution in [3.05, 3.63) is 58.7 Å². The van der Waals surface area contributed by atoms with Crippen molar-refractivity contribution in [2.24, 2.45) is 0 Å². The highest BCUT2D eigenvalue weighted by molar-refractivity contribution is 6.30. The minimum atomic E-state index is -0.305. The molecule has 6 nitrogen and oxygen atoms in total. The Morgan fingerprint density at radius 2 is 1.88 bits per heavy atom. The standard InChI is InChI=1S/C19H18ClN3O3/c1-11-17(12-5-4-6-14(20)9-12)18(23-22-11)21-19(24)13-7-8-15(25-2)16(10-13)26-3/h4-10H,1-3H3,(H2,21,22,23,24). The summed E-state index contributed by atoms with van der Waals surface area (Å²) in [5, 5.41) is 10.6. The Morgan fingerprint density at radius 3 is 2.58 bits per heavy atom. The van der Waals surface area contributed by atoms with Crippen LogP contribution in [-0.4, -0.2) is 30.3 Å². The van der Waals surface area contributed by atoms with Crippen LogP contribution >= 0.6 is 11.6 Å². The number of halogens is 1. The summed E-state index contributed by atoms with van der Waals surface area (Å²) in [5.41, 5.74) is 2.92. The van der Waals surface area contributed by atoms with E-state index in [0.29, 0.717) is 27.9 Å². The molecule has 0 radical (unpaired) electrons. The summed E-state index contributed by atoms with van der Waals surface area (Å²) in [6.45, 7) is 1.88. The molecule has 7 heteroatoms. The number of benzene rings is 2. The summed E-state index contributed by atoms with van der Waals surface area (Å²) in [5.74, 6) is 1.16. The van der Waals surface area contributed by atoms with Crippen molar-refractivity contribution < 1.29 is 14.3 Å². The Labute approximate surface area is 156 Å². The Hall–Kier alpha value is -2.99. The highest BCUT2D eigenvalue weighted by Crippen LogP contribution is 2.32. The molecule has 1 amide bonds. The van der Waals surface area contributed by atoms with Crippen LogP contribution in [0.2, 0.25) is 5.02 Å². The number of aryl methyl sites for hydroxylation is 1. The van der Waals surface area contributed by atoms with E-state index >= 15 is 0 Å². The lowest BCUT2D eigenvalue weighted by Crippen LogP contribution is -2.13. The molecule has 0 spiro atoms. The highest BCUT2D eigenvalue weighted by Gasteiger charge is 2.17. The first-order chi connectivity index (χ1) is 12.5. The summed E-state index contributed by atoms with van der Waals surface area (Å²) in [4.78, 5) is 12.7. The van der Waals surface area contributed by atoms with Gasteiger partial charge in [-0.3, -0.25) is 9.89 Å². The van der Waals surface area contributed by atoms with Crippen LogP contribution in [0.15, 0.2) is 42.5 Å². The van der Waals surface area contributed by atoms with Gasteiger partial charge in [-0.15, -0.1) is 0 Å². The molecule has 1 heterocycles. The third kappa shape index (κ3) is 3.50. The molecular weight excluding hydrogens is 354 g/mol. The molecule has 26 heavy (non-hydrogen) atoms. The summed E-state index contributed by atoms with van der Waals surface area (Å²) in [6, 6.07) is 12.3. The predicted octanol–water partition coefficient (Wildman–Crippen LogP) is 4.31. The normalized spacial score (nSPS) is 10.5. The number of carbonyl (C=O) groups excluding carboxylic acids is 1. The fourth-order valence-corrected chi connectivity index (χ4v) is 2.86. The molecule has 3 rings (SSSR count). The molecule has 0 aliphatic rings. The van der Waals surface area contributed by atoms with Crippen LogP contribution in [0.3, 0.4) is 0 Å². The molecule has 0 fully saturated rings. The number of anilines is 1. The van der Waals surface area contributed by atoms with Gasteiger partial charge in [-0.25, -0.2) is 0 Å². The monoisotopic (exact) mass is 371 g/mol. The number of aromatic nitrogens is 2. The fourth-order valence-electron chi connectivity index (χ4n) is 2.67. The van der Waals surface area contributed by atoms with E-state index in [2.05, 4.69) is 15.5 Å². The number of carbonyl (C=O) groups is 1. The first kappa shape index (κ1) is 17.8. The fraction of sp³-hybridized carbons (Fsp3) is 0.158. The van der Waals surface area contributed by atoms with Gasteiger partial charge in [0.25, 0.3) is 5.91 Å². The Kier molecular flexibility index (Phi) is 5.14. The molecule has 0 bridgehead atoms. The minimum Gasteiger partial charge on any atom is -0.493 e. The maximum absolute atomic E-state index is 12.7. The van der Waals surface area contributed by atoms with Gasteiger partial charge in [0, 0.05) is 21.8 Å². The van der Waals surface area contributed by atoms with Crippen molar-refractivity contribution >= 4 is 23.3 Å². The van der Waals surface area contributed by atoms with Gasteiger partial charge in [-0.2, -0.15) is 5.10 Å². The van der Waals surface area contributed by atoms with Gasteiger partial charge in [0.1, 0.15) is 0 Å². The maximum atomic E-state index is 12.7. The Morgan fingerprint density at radius 1 is 1.12 bits per heavy atom. The van der Waals surface area contributed by atoms with E-state index in [0.717, 1.165) is 16.8 Å². The predicted molar refractivity (Wildman–Crippen MR) is 101 cm³/mol. The van der Waals surface area contributed by atoms with E-state index in [-0.39, 0.29) is 5.91 Å². The van der Waals surface area contributed by atoms with Gasteiger partial charge in [-0.05, 0) is 42.8 Å². The number of hydrogen-bond acceptors (Lipinski definition) is 4. The van der Waals surface area contributed by atoms with Crippen molar-refractivity contribution in [1.29, 1.82) is 0 Å². The lowest BCUT2D eigenvalue weighted by molar-refractivity contribution is 0.102. The van der Waals surface area contributed by atoms with Crippen LogP contribution in [0.1, 0.15) is 16.1 Å². The smallest absolute Gasteiger partial charge is 0.257 e. The number of nitrogens with zero attached hydrogens (tertiary/aromatic N) is 1. The summed E-state index contributed by atoms with van der Waals surface area (Å²) in [6.07, 6.45) is 0. The third-order valence-electron chi connectivity index (χ3n) is 3.94. The minimum absolute atomic E-state index is 0.305. The second-order valence-corrected chi connectivity index (χ2v) is 6.04. The van der Waals surface area contributed by atoms with Gasteiger partial charge in [-0.1, -0.05) is 23.7 Å². The number of ether oxygens (including phenoxy) is 2. The quantitative estimate of drug-likeness (QED) is 0.700. The van der Waals surface area contributed by atoms with Crippen molar-refractivity contribution in [3.63, 3.8) is 0 Å². The molecular formula is C19H18ClN3O3. The molecule has 0 aliphatic carbocycles. The number of nitrogens with one attached hydrogen (secondary N) is 2. The number of H-pyrrole nitrogens is 1. The number of hydrogen-bond donors (Lipinski definition) is 2. The molecule has 1 aromatic heterocycles. The molecule has 0 unspecified atom stereocenters.